The van der Waals surface area contributed by atoms with Crippen LogP contribution in [-0.4, -0.2) is 46.8 Å². The number of nitrogens with one attached hydrogen (secondary N) is 3. The van der Waals surface area contributed by atoms with E-state index >= 15 is 0 Å². The van der Waals surface area contributed by atoms with Crippen molar-refractivity contribution in [1.29, 1.82) is 0 Å². The van der Waals surface area contributed by atoms with Crippen molar-refractivity contribution in [3.8, 4) is 16.2 Å². The molecular weight excluding hydrogens is 585 g/mol. The van der Waals surface area contributed by atoms with Gasteiger partial charge in [-0.25, -0.2) is 5.43 Å². The molecule has 0 saturated carbocycles. The highest BCUT2D eigenvalue weighted by atomic mass is 32.1. The molecule has 1 aliphatic rings. The lowest BCUT2D eigenvalue weighted by molar-refractivity contribution is 0.0939. The van der Waals surface area contributed by atoms with Gasteiger partial charge < -0.3 is 20.8 Å². The molecule has 0 radical (unpaired) electrons. The molecule has 2 heterocycles. The van der Waals surface area contributed by atoms with Gasteiger partial charge in [-0.2, -0.15) is 5.10 Å². The first kappa shape index (κ1) is 30.1. The summed E-state index contributed by atoms with van der Waals surface area (Å²) in [4.78, 5) is 38.8. The summed E-state index contributed by atoms with van der Waals surface area (Å²) in [6.07, 6.45) is 4.56. The number of thiophene rings is 2. The molecule has 0 unspecified atom stereocenters. The van der Waals surface area contributed by atoms with E-state index in [0.29, 0.717) is 26.6 Å². The number of rotatable bonds is 10. The van der Waals surface area contributed by atoms with E-state index in [9.17, 15) is 19.5 Å². The van der Waals surface area contributed by atoms with Crippen molar-refractivity contribution in [3.05, 3.63) is 97.5 Å². The van der Waals surface area contributed by atoms with Gasteiger partial charge in [-0.15, -0.1) is 22.7 Å². The zero-order chi connectivity index (χ0) is 30.3. The zero-order valence-electron chi connectivity index (χ0n) is 23.6. The Kier molecular flexibility index (Phi) is 9.65. The molecule has 0 saturated heterocycles. The van der Waals surface area contributed by atoms with E-state index in [0.717, 1.165) is 40.2 Å². The molecule has 4 aromatic rings. The van der Waals surface area contributed by atoms with Crippen molar-refractivity contribution in [2.75, 3.05) is 13.2 Å². The van der Waals surface area contributed by atoms with Gasteiger partial charge in [-0.1, -0.05) is 24.3 Å². The first-order valence-electron chi connectivity index (χ1n) is 14.0. The molecule has 2 aromatic carbocycles. The molecule has 43 heavy (non-hydrogen) atoms. The molecule has 1 aliphatic carbocycles. The molecular formula is C32H32N4O5S2. The SMILES string of the molecule is C/C(=N\NC(=O)c1ccc(C(=O)NCc2ccc(C(=O)NCCO)cc2)s1)c1csc(-c2ccc3c(c2)CCCC3)c1O. The van der Waals surface area contributed by atoms with Crippen molar-refractivity contribution in [2.45, 2.75) is 39.2 Å². The van der Waals surface area contributed by atoms with Crippen molar-refractivity contribution in [3.63, 3.8) is 0 Å². The van der Waals surface area contributed by atoms with E-state index in [1.54, 1.807) is 43.3 Å². The molecule has 0 bridgehead atoms. The van der Waals surface area contributed by atoms with Gasteiger partial charge in [0.15, 0.2) is 0 Å². The monoisotopic (exact) mass is 616 g/mol. The Morgan fingerprint density at radius 2 is 1.60 bits per heavy atom. The van der Waals surface area contributed by atoms with Crippen molar-refractivity contribution in [2.24, 2.45) is 5.10 Å². The molecule has 11 heteroatoms. The summed E-state index contributed by atoms with van der Waals surface area (Å²) in [5, 5.41) is 31.2. The Bertz CT molecular complexity index is 1670. The van der Waals surface area contributed by atoms with Crippen LogP contribution in [0.5, 0.6) is 5.75 Å². The van der Waals surface area contributed by atoms with Gasteiger partial charge in [0.05, 0.1) is 32.5 Å². The van der Waals surface area contributed by atoms with Crippen LogP contribution < -0.4 is 16.1 Å². The highest BCUT2D eigenvalue weighted by Crippen LogP contribution is 2.40. The molecule has 0 spiro atoms. The van der Waals surface area contributed by atoms with Crippen LogP contribution in [0.3, 0.4) is 0 Å². The average molecular weight is 617 g/mol. The van der Waals surface area contributed by atoms with Gasteiger partial charge in [0.1, 0.15) is 5.75 Å². The Morgan fingerprint density at radius 3 is 2.35 bits per heavy atom. The van der Waals surface area contributed by atoms with Crippen LogP contribution in [0.4, 0.5) is 0 Å². The van der Waals surface area contributed by atoms with Crippen molar-refractivity contribution >= 4 is 46.1 Å². The Morgan fingerprint density at radius 1 is 0.884 bits per heavy atom. The van der Waals surface area contributed by atoms with E-state index in [1.165, 1.54) is 35.3 Å². The predicted octanol–water partition coefficient (Wildman–Crippen LogP) is 4.87. The summed E-state index contributed by atoms with van der Waals surface area (Å²) in [5.74, 6) is -0.920. The topological polar surface area (TPSA) is 140 Å². The summed E-state index contributed by atoms with van der Waals surface area (Å²) in [7, 11) is 0. The van der Waals surface area contributed by atoms with E-state index in [2.05, 4.69) is 39.4 Å². The minimum atomic E-state index is -0.455. The lowest BCUT2D eigenvalue weighted by Gasteiger charge is -2.16. The molecule has 9 nitrogen and oxygen atoms in total. The Balaban J connectivity index is 1.16. The molecule has 0 fully saturated rings. The molecule has 5 N–H and O–H groups in total. The number of aliphatic hydroxyl groups excluding tert-OH is 1. The van der Waals surface area contributed by atoms with Crippen LogP contribution >= 0.6 is 22.7 Å². The van der Waals surface area contributed by atoms with E-state index in [-0.39, 0.29) is 37.3 Å². The smallest absolute Gasteiger partial charge is 0.281 e. The normalized spacial score (nSPS) is 12.8. The van der Waals surface area contributed by atoms with Crippen LogP contribution in [0, 0.1) is 0 Å². The standard InChI is InChI=1S/C32H32N4O5S2/c1-19(25-18-42-29(28(25)38)24-11-10-21-4-2-3-5-23(21)16-24)35-36-32(41)27-13-12-26(43-27)31(40)34-17-20-6-8-22(9-7-20)30(39)33-14-15-37/h6-13,16,18,37-38H,2-5,14-15,17H2,1H3,(H,33,39)(H,34,40)(H,36,41)/b35-19+. The zero-order valence-corrected chi connectivity index (χ0v) is 25.2. The second-order valence-corrected chi connectivity index (χ2v) is 12.1. The van der Waals surface area contributed by atoms with Gasteiger partial charge in [-0.3, -0.25) is 14.4 Å². The number of aliphatic hydroxyl groups is 1. The fourth-order valence-electron chi connectivity index (χ4n) is 4.83. The molecule has 2 aromatic heterocycles. The van der Waals surface area contributed by atoms with E-state index in [4.69, 9.17) is 5.11 Å². The molecule has 0 aliphatic heterocycles. The minimum Gasteiger partial charge on any atom is -0.506 e. The third-order valence-corrected chi connectivity index (χ3v) is 9.31. The van der Waals surface area contributed by atoms with Gasteiger partial charge in [0.2, 0.25) is 0 Å². The fourth-order valence-corrected chi connectivity index (χ4v) is 6.65. The largest absolute Gasteiger partial charge is 0.506 e. The summed E-state index contributed by atoms with van der Waals surface area (Å²) >= 11 is 2.49. The summed E-state index contributed by atoms with van der Waals surface area (Å²) in [5.41, 5.74) is 8.52. The van der Waals surface area contributed by atoms with Gasteiger partial charge >= 0.3 is 0 Å². The number of benzene rings is 2. The van der Waals surface area contributed by atoms with Crippen LogP contribution in [-0.2, 0) is 19.4 Å². The number of fused-ring (bicyclic) bond motifs is 1. The second kappa shape index (κ2) is 13.8. The quantitative estimate of drug-likeness (QED) is 0.128. The predicted molar refractivity (Wildman–Crippen MR) is 169 cm³/mol. The molecule has 0 atom stereocenters. The first-order chi connectivity index (χ1) is 20.8. The molecule has 3 amide bonds. The van der Waals surface area contributed by atoms with E-state index < -0.39 is 5.91 Å². The number of nitrogens with zero attached hydrogens (tertiary/aromatic N) is 1. The number of hydrazone groups is 1. The van der Waals surface area contributed by atoms with Crippen molar-refractivity contribution in [1.82, 2.24) is 16.1 Å². The maximum Gasteiger partial charge on any atom is 0.281 e. The molecule has 222 valence electrons. The summed E-state index contributed by atoms with van der Waals surface area (Å²) in [6, 6.07) is 16.3. The maximum absolute atomic E-state index is 12.8. The number of carbonyl (C=O) groups is 3. The van der Waals surface area contributed by atoms with E-state index in [1.807, 2.05) is 5.38 Å². The highest BCUT2D eigenvalue weighted by molar-refractivity contribution is 7.16. The summed E-state index contributed by atoms with van der Waals surface area (Å²) in [6.45, 7) is 2.02. The minimum absolute atomic E-state index is 0.133. The van der Waals surface area contributed by atoms with Gasteiger partial charge in [0.25, 0.3) is 17.7 Å². The number of aromatic hydroxyl groups is 1. The average Bonchev–Trinajstić information content (AvgIpc) is 3.69. The molecule has 5 rings (SSSR count). The lowest BCUT2D eigenvalue weighted by Crippen LogP contribution is -2.26. The second-order valence-electron chi connectivity index (χ2n) is 10.2. The fraction of sp³-hybridized carbons (Fsp3) is 0.250. The van der Waals surface area contributed by atoms with Crippen LogP contribution in [0.15, 0.2) is 65.1 Å². The van der Waals surface area contributed by atoms with Crippen LogP contribution in [0.25, 0.3) is 10.4 Å². The summed E-state index contributed by atoms with van der Waals surface area (Å²) < 4.78 is 0. The number of aryl methyl sites for hydroxylation is 2. The Hall–Kier alpha value is -4.32. The third kappa shape index (κ3) is 7.19. The maximum atomic E-state index is 12.8. The highest BCUT2D eigenvalue weighted by Gasteiger charge is 2.18. The number of hydrogen-bond acceptors (Lipinski definition) is 8. The van der Waals surface area contributed by atoms with Crippen LogP contribution in [0.2, 0.25) is 0 Å². The van der Waals surface area contributed by atoms with Gasteiger partial charge in [-0.05, 0) is 85.2 Å². The third-order valence-electron chi connectivity index (χ3n) is 7.21. The Labute approximate surface area is 257 Å². The van der Waals surface area contributed by atoms with Crippen molar-refractivity contribution < 1.29 is 24.6 Å². The number of hydrogen-bond donors (Lipinski definition) is 5. The first-order valence-corrected chi connectivity index (χ1v) is 15.7. The number of amides is 3. The van der Waals surface area contributed by atoms with Crippen LogP contribution in [0.1, 0.15) is 71.7 Å². The van der Waals surface area contributed by atoms with Gasteiger partial charge in [0, 0.05) is 24.0 Å². The lowest BCUT2D eigenvalue weighted by atomic mass is 9.90. The number of carbonyl (C=O) groups excluding carboxylic acids is 3.